The highest BCUT2D eigenvalue weighted by Gasteiger charge is 2.22. The van der Waals surface area contributed by atoms with E-state index in [1.54, 1.807) is 14.2 Å². The lowest BCUT2D eigenvalue weighted by Gasteiger charge is -2.25. The number of ether oxygens (including phenoxy) is 2. The monoisotopic (exact) mass is 266 g/mol. The molecular weight excluding hydrogens is 240 g/mol. The minimum Gasteiger partial charge on any atom is -0.497 e. The summed E-state index contributed by atoms with van der Waals surface area (Å²) in [5.41, 5.74) is 2.52. The number of hydrogen-bond donors (Lipinski definition) is 1. The summed E-state index contributed by atoms with van der Waals surface area (Å²) in [5, 5.41) is 8.93. The van der Waals surface area contributed by atoms with Gasteiger partial charge in [0.2, 0.25) is 0 Å². The predicted octanol–water partition coefficient (Wildman–Crippen LogP) is 3.32. The molecule has 1 aromatic carbocycles. The molecule has 0 aliphatic rings. The van der Waals surface area contributed by atoms with E-state index in [2.05, 4.69) is 26.8 Å². The maximum absolute atomic E-state index is 8.93. The first-order valence-electron chi connectivity index (χ1n) is 6.80. The molecule has 0 bridgehead atoms. The molecule has 0 aliphatic carbocycles. The molecule has 0 saturated heterocycles. The number of aliphatic hydroxyl groups is 1. The fourth-order valence-electron chi connectivity index (χ4n) is 2.26. The van der Waals surface area contributed by atoms with Gasteiger partial charge < -0.3 is 14.6 Å². The summed E-state index contributed by atoms with van der Waals surface area (Å²) in [6.07, 6.45) is 2.70. The van der Waals surface area contributed by atoms with E-state index in [9.17, 15) is 0 Å². The molecule has 0 heterocycles. The number of rotatable bonds is 6. The highest BCUT2D eigenvalue weighted by atomic mass is 16.5. The Morgan fingerprint density at radius 1 is 1.05 bits per heavy atom. The molecule has 19 heavy (non-hydrogen) atoms. The molecule has 0 radical (unpaired) electrons. The van der Waals surface area contributed by atoms with Crippen molar-refractivity contribution in [2.24, 2.45) is 0 Å². The Morgan fingerprint density at radius 2 is 1.74 bits per heavy atom. The minimum absolute atomic E-state index is 0.0381. The SMILES string of the molecule is COc1cc(OC)c(CCCCO)c(C(C)(C)C)c1. The van der Waals surface area contributed by atoms with Gasteiger partial charge >= 0.3 is 0 Å². The normalized spacial score (nSPS) is 11.5. The van der Waals surface area contributed by atoms with Crippen LogP contribution in [0.1, 0.15) is 44.7 Å². The van der Waals surface area contributed by atoms with E-state index < -0.39 is 0 Å². The van der Waals surface area contributed by atoms with Gasteiger partial charge in [0.25, 0.3) is 0 Å². The summed E-state index contributed by atoms with van der Waals surface area (Å²) >= 11 is 0. The molecule has 0 saturated carbocycles. The smallest absolute Gasteiger partial charge is 0.126 e. The van der Waals surface area contributed by atoms with Crippen LogP contribution in [0.5, 0.6) is 11.5 Å². The molecule has 1 rings (SSSR count). The quantitative estimate of drug-likeness (QED) is 0.803. The van der Waals surface area contributed by atoms with Crippen molar-refractivity contribution in [1.29, 1.82) is 0 Å². The van der Waals surface area contributed by atoms with Crippen LogP contribution in [0, 0.1) is 0 Å². The highest BCUT2D eigenvalue weighted by Crippen LogP contribution is 2.36. The van der Waals surface area contributed by atoms with E-state index in [1.807, 2.05) is 6.07 Å². The summed E-state index contributed by atoms with van der Waals surface area (Å²) in [6.45, 7) is 6.81. The van der Waals surface area contributed by atoms with Crippen LogP contribution in [0.3, 0.4) is 0 Å². The van der Waals surface area contributed by atoms with Gasteiger partial charge in [0.1, 0.15) is 11.5 Å². The second-order valence-corrected chi connectivity index (χ2v) is 5.79. The summed E-state index contributed by atoms with van der Waals surface area (Å²) in [7, 11) is 3.36. The van der Waals surface area contributed by atoms with Gasteiger partial charge in [-0.3, -0.25) is 0 Å². The van der Waals surface area contributed by atoms with Crippen LogP contribution >= 0.6 is 0 Å². The zero-order chi connectivity index (χ0) is 14.5. The first-order valence-corrected chi connectivity index (χ1v) is 6.80. The van der Waals surface area contributed by atoms with E-state index in [4.69, 9.17) is 14.6 Å². The molecule has 0 fully saturated rings. The van der Waals surface area contributed by atoms with Crippen LogP contribution in [0.15, 0.2) is 12.1 Å². The molecule has 3 nitrogen and oxygen atoms in total. The van der Waals surface area contributed by atoms with Crippen LogP contribution in [0.2, 0.25) is 0 Å². The Bertz CT molecular complexity index is 405. The molecule has 0 unspecified atom stereocenters. The third kappa shape index (κ3) is 4.13. The van der Waals surface area contributed by atoms with Crippen molar-refractivity contribution < 1.29 is 14.6 Å². The van der Waals surface area contributed by atoms with Crippen LogP contribution in [0.25, 0.3) is 0 Å². The maximum Gasteiger partial charge on any atom is 0.126 e. The van der Waals surface area contributed by atoms with Gasteiger partial charge in [-0.05, 0) is 41.9 Å². The number of aliphatic hydroxyl groups excluding tert-OH is 1. The van der Waals surface area contributed by atoms with E-state index in [0.29, 0.717) is 0 Å². The Morgan fingerprint density at radius 3 is 2.21 bits per heavy atom. The maximum atomic E-state index is 8.93. The Balaban J connectivity index is 3.22. The van der Waals surface area contributed by atoms with Gasteiger partial charge in [-0.2, -0.15) is 0 Å². The van der Waals surface area contributed by atoms with E-state index in [0.717, 1.165) is 30.8 Å². The molecule has 1 N–H and O–H groups in total. The minimum atomic E-state index is 0.0381. The molecule has 1 aromatic rings. The van der Waals surface area contributed by atoms with E-state index in [1.165, 1.54) is 11.1 Å². The molecular formula is C16H26O3. The van der Waals surface area contributed by atoms with Crippen molar-refractivity contribution in [3.8, 4) is 11.5 Å². The number of benzene rings is 1. The van der Waals surface area contributed by atoms with Crippen LogP contribution in [-0.4, -0.2) is 25.9 Å². The summed E-state index contributed by atoms with van der Waals surface area (Å²) in [4.78, 5) is 0. The lowest BCUT2D eigenvalue weighted by molar-refractivity contribution is 0.284. The Labute approximate surface area is 116 Å². The molecule has 0 amide bonds. The van der Waals surface area contributed by atoms with Gasteiger partial charge in [-0.1, -0.05) is 20.8 Å². The fourth-order valence-corrected chi connectivity index (χ4v) is 2.26. The molecule has 0 atom stereocenters. The largest absolute Gasteiger partial charge is 0.497 e. The highest BCUT2D eigenvalue weighted by molar-refractivity contribution is 5.49. The first-order chi connectivity index (χ1) is 8.93. The van der Waals surface area contributed by atoms with Gasteiger partial charge in [0, 0.05) is 12.7 Å². The van der Waals surface area contributed by atoms with Crippen LogP contribution < -0.4 is 9.47 Å². The number of hydrogen-bond acceptors (Lipinski definition) is 3. The second kappa shape index (κ2) is 6.80. The second-order valence-electron chi connectivity index (χ2n) is 5.79. The van der Waals surface area contributed by atoms with Gasteiger partial charge in [-0.15, -0.1) is 0 Å². The Kier molecular flexibility index (Phi) is 5.67. The summed E-state index contributed by atoms with van der Waals surface area (Å²) in [5.74, 6) is 1.70. The number of methoxy groups -OCH3 is 2. The van der Waals surface area contributed by atoms with E-state index in [-0.39, 0.29) is 12.0 Å². The fraction of sp³-hybridized carbons (Fsp3) is 0.625. The van der Waals surface area contributed by atoms with Crippen molar-refractivity contribution in [1.82, 2.24) is 0 Å². The van der Waals surface area contributed by atoms with Crippen molar-refractivity contribution >= 4 is 0 Å². The Hall–Kier alpha value is -1.22. The average molecular weight is 266 g/mol. The summed E-state index contributed by atoms with van der Waals surface area (Å²) < 4.78 is 10.9. The van der Waals surface area contributed by atoms with Gasteiger partial charge in [-0.25, -0.2) is 0 Å². The van der Waals surface area contributed by atoms with Crippen molar-refractivity contribution in [2.75, 3.05) is 20.8 Å². The van der Waals surface area contributed by atoms with Crippen molar-refractivity contribution in [3.63, 3.8) is 0 Å². The van der Waals surface area contributed by atoms with E-state index >= 15 is 0 Å². The standard InChI is InChI=1S/C16H26O3/c1-16(2,3)14-10-12(18-4)11-15(19-5)13(14)8-6-7-9-17/h10-11,17H,6-9H2,1-5H3. The van der Waals surface area contributed by atoms with Gasteiger partial charge in [0.15, 0.2) is 0 Å². The third-order valence-electron chi connectivity index (χ3n) is 3.28. The third-order valence-corrected chi connectivity index (χ3v) is 3.28. The average Bonchev–Trinajstić information content (AvgIpc) is 2.37. The zero-order valence-electron chi connectivity index (χ0n) is 12.7. The van der Waals surface area contributed by atoms with Gasteiger partial charge in [0.05, 0.1) is 14.2 Å². The predicted molar refractivity (Wildman–Crippen MR) is 78.3 cm³/mol. The molecule has 0 aromatic heterocycles. The van der Waals surface area contributed by atoms with Crippen molar-refractivity contribution in [2.45, 2.75) is 45.4 Å². The first kappa shape index (κ1) is 15.8. The lowest BCUT2D eigenvalue weighted by atomic mass is 9.82. The topological polar surface area (TPSA) is 38.7 Å². The molecule has 0 spiro atoms. The zero-order valence-corrected chi connectivity index (χ0v) is 12.7. The molecule has 0 aliphatic heterocycles. The number of unbranched alkanes of at least 4 members (excludes halogenated alkanes) is 1. The molecule has 108 valence electrons. The van der Waals surface area contributed by atoms with Crippen LogP contribution in [-0.2, 0) is 11.8 Å². The van der Waals surface area contributed by atoms with Crippen molar-refractivity contribution in [3.05, 3.63) is 23.3 Å². The summed E-state index contributed by atoms with van der Waals surface area (Å²) in [6, 6.07) is 4.03. The molecule has 3 heteroatoms. The lowest BCUT2D eigenvalue weighted by Crippen LogP contribution is -2.15. The van der Waals surface area contributed by atoms with Crippen LogP contribution in [0.4, 0.5) is 0 Å².